The molecule has 0 unspecified atom stereocenters. The molecule has 0 atom stereocenters. The van der Waals surface area contributed by atoms with Crippen molar-refractivity contribution >= 4 is 34.8 Å². The van der Waals surface area contributed by atoms with Crippen molar-refractivity contribution < 1.29 is 4.79 Å². The summed E-state index contributed by atoms with van der Waals surface area (Å²) in [6.07, 6.45) is 6.13. The summed E-state index contributed by atoms with van der Waals surface area (Å²) in [6.45, 7) is 0.571. The first-order valence-electron chi connectivity index (χ1n) is 7.00. The largest absolute Gasteiger partial charge is 0.330 e. The van der Waals surface area contributed by atoms with Crippen molar-refractivity contribution in [3.8, 4) is 0 Å². The second kappa shape index (κ2) is 6.79. The van der Waals surface area contributed by atoms with Crippen molar-refractivity contribution in [2.45, 2.75) is 38.5 Å². The van der Waals surface area contributed by atoms with Crippen molar-refractivity contribution in [1.82, 2.24) is 0 Å². The first kappa shape index (κ1) is 15.6. The summed E-state index contributed by atoms with van der Waals surface area (Å²) in [5.74, 6) is -0.00395. The van der Waals surface area contributed by atoms with Crippen LogP contribution in [0.2, 0.25) is 10.0 Å². The molecule has 1 aliphatic carbocycles. The topological polar surface area (TPSA) is 55.1 Å². The Morgan fingerprint density at radius 3 is 2.50 bits per heavy atom. The lowest BCUT2D eigenvalue weighted by Crippen LogP contribution is -2.36. The van der Waals surface area contributed by atoms with Crippen LogP contribution in [0.5, 0.6) is 0 Å². The number of nitrogens with two attached hydrogens (primary N) is 1. The Kier molecular flexibility index (Phi) is 5.30. The Labute approximate surface area is 129 Å². The van der Waals surface area contributed by atoms with Crippen LogP contribution in [0.25, 0.3) is 0 Å². The number of halogens is 2. The highest BCUT2D eigenvalue weighted by Gasteiger charge is 2.32. The number of hydrogen-bond donors (Lipinski definition) is 2. The van der Waals surface area contributed by atoms with E-state index in [-0.39, 0.29) is 11.3 Å². The van der Waals surface area contributed by atoms with Crippen LogP contribution in [0.4, 0.5) is 5.69 Å². The lowest BCUT2D eigenvalue weighted by atomic mass is 9.71. The zero-order valence-electron chi connectivity index (χ0n) is 11.4. The second-order valence-electron chi connectivity index (χ2n) is 5.62. The Hall–Kier alpha value is -0.770. The number of carbonyl (C=O) groups excluding carboxylic acids is 1. The summed E-state index contributed by atoms with van der Waals surface area (Å²) in [5, 5.41) is 3.80. The van der Waals surface area contributed by atoms with E-state index in [2.05, 4.69) is 5.32 Å². The Bertz CT molecular complexity index is 485. The van der Waals surface area contributed by atoms with Gasteiger partial charge in [0.15, 0.2) is 0 Å². The Balaban J connectivity index is 1.98. The van der Waals surface area contributed by atoms with E-state index in [1.165, 1.54) is 6.42 Å². The van der Waals surface area contributed by atoms with Gasteiger partial charge < -0.3 is 11.1 Å². The molecule has 1 aromatic rings. The van der Waals surface area contributed by atoms with Crippen molar-refractivity contribution in [1.29, 1.82) is 0 Å². The third-order valence-electron chi connectivity index (χ3n) is 4.09. The smallest absolute Gasteiger partial charge is 0.224 e. The van der Waals surface area contributed by atoms with Crippen LogP contribution in [0.1, 0.15) is 38.5 Å². The summed E-state index contributed by atoms with van der Waals surface area (Å²) in [6, 6.07) is 5.10. The summed E-state index contributed by atoms with van der Waals surface area (Å²) in [4.78, 5) is 12.2. The molecule has 3 N–H and O–H groups in total. The lowest BCUT2D eigenvalue weighted by Gasteiger charge is -2.35. The van der Waals surface area contributed by atoms with Gasteiger partial charge in [-0.25, -0.2) is 0 Å². The Morgan fingerprint density at radius 2 is 1.90 bits per heavy atom. The minimum absolute atomic E-state index is 0.00395. The monoisotopic (exact) mass is 314 g/mol. The maximum Gasteiger partial charge on any atom is 0.224 e. The number of nitrogens with one attached hydrogen (secondary N) is 1. The highest BCUT2D eigenvalue weighted by molar-refractivity contribution is 6.42. The number of benzene rings is 1. The van der Waals surface area contributed by atoms with E-state index in [1.807, 2.05) is 0 Å². The molecule has 110 valence electrons. The van der Waals surface area contributed by atoms with Crippen LogP contribution in [-0.2, 0) is 4.79 Å². The first-order valence-corrected chi connectivity index (χ1v) is 7.75. The number of carbonyl (C=O) groups is 1. The van der Waals surface area contributed by atoms with Crippen molar-refractivity contribution in [3.63, 3.8) is 0 Å². The van der Waals surface area contributed by atoms with Gasteiger partial charge in [-0.15, -0.1) is 0 Å². The fraction of sp³-hybridized carbons (Fsp3) is 0.533. The maximum atomic E-state index is 12.2. The van der Waals surface area contributed by atoms with Crippen molar-refractivity contribution in [3.05, 3.63) is 28.2 Å². The molecule has 1 saturated carbocycles. The molecule has 1 aromatic carbocycles. The molecule has 1 aliphatic rings. The lowest BCUT2D eigenvalue weighted by molar-refractivity contribution is -0.118. The standard InChI is InChI=1S/C15H20Cl2N2O/c16-12-5-4-11(8-13(12)17)19-14(20)9-15(10-18)6-2-1-3-7-15/h4-5,8H,1-3,6-7,9-10,18H2,(H,19,20). The normalized spacial score (nSPS) is 17.8. The molecule has 0 radical (unpaired) electrons. The van der Waals surface area contributed by atoms with Gasteiger partial charge in [-0.05, 0) is 43.0 Å². The molecular weight excluding hydrogens is 295 g/mol. The van der Waals surface area contributed by atoms with E-state index in [9.17, 15) is 4.79 Å². The molecule has 0 spiro atoms. The van der Waals surface area contributed by atoms with Crippen LogP contribution in [0.15, 0.2) is 18.2 Å². The third kappa shape index (κ3) is 3.87. The van der Waals surface area contributed by atoms with E-state index in [1.54, 1.807) is 18.2 Å². The minimum Gasteiger partial charge on any atom is -0.330 e. The fourth-order valence-electron chi connectivity index (χ4n) is 2.87. The van der Waals surface area contributed by atoms with E-state index >= 15 is 0 Å². The van der Waals surface area contributed by atoms with Gasteiger partial charge in [0.2, 0.25) is 5.91 Å². The van der Waals surface area contributed by atoms with Gasteiger partial charge in [0, 0.05) is 12.1 Å². The molecule has 0 aliphatic heterocycles. The van der Waals surface area contributed by atoms with Crippen LogP contribution < -0.4 is 11.1 Å². The summed E-state index contributed by atoms with van der Waals surface area (Å²) in [7, 11) is 0. The van der Waals surface area contributed by atoms with Gasteiger partial charge in [-0.3, -0.25) is 4.79 Å². The van der Waals surface area contributed by atoms with Crippen LogP contribution in [0, 0.1) is 5.41 Å². The highest BCUT2D eigenvalue weighted by atomic mass is 35.5. The molecule has 0 aromatic heterocycles. The van der Waals surface area contributed by atoms with E-state index in [0.717, 1.165) is 25.7 Å². The third-order valence-corrected chi connectivity index (χ3v) is 4.83. The predicted octanol–water partition coefficient (Wildman–Crippen LogP) is 4.23. The molecule has 2 rings (SSSR count). The van der Waals surface area contributed by atoms with Gasteiger partial charge in [-0.1, -0.05) is 42.5 Å². The summed E-state index contributed by atoms with van der Waals surface area (Å²) >= 11 is 11.8. The molecule has 1 amide bonds. The molecule has 20 heavy (non-hydrogen) atoms. The van der Waals surface area contributed by atoms with Crippen molar-refractivity contribution in [2.75, 3.05) is 11.9 Å². The van der Waals surface area contributed by atoms with Gasteiger partial charge in [0.05, 0.1) is 10.0 Å². The minimum atomic E-state index is -0.0292. The predicted molar refractivity (Wildman–Crippen MR) is 84.3 cm³/mol. The quantitative estimate of drug-likeness (QED) is 0.873. The van der Waals surface area contributed by atoms with E-state index in [4.69, 9.17) is 28.9 Å². The van der Waals surface area contributed by atoms with Crippen LogP contribution >= 0.6 is 23.2 Å². The summed E-state index contributed by atoms with van der Waals surface area (Å²) < 4.78 is 0. The van der Waals surface area contributed by atoms with Crippen LogP contribution in [0.3, 0.4) is 0 Å². The molecule has 0 saturated heterocycles. The number of rotatable bonds is 4. The molecule has 0 heterocycles. The highest BCUT2D eigenvalue weighted by Crippen LogP contribution is 2.38. The van der Waals surface area contributed by atoms with Crippen molar-refractivity contribution in [2.24, 2.45) is 11.1 Å². The fourth-order valence-corrected chi connectivity index (χ4v) is 3.17. The molecular formula is C15H20Cl2N2O. The van der Waals surface area contributed by atoms with Gasteiger partial charge in [0.1, 0.15) is 0 Å². The number of anilines is 1. The average molecular weight is 315 g/mol. The second-order valence-corrected chi connectivity index (χ2v) is 6.43. The summed E-state index contributed by atoms with van der Waals surface area (Å²) in [5.41, 5.74) is 6.55. The molecule has 5 heteroatoms. The number of amides is 1. The maximum absolute atomic E-state index is 12.2. The average Bonchev–Trinajstić information content (AvgIpc) is 2.44. The number of hydrogen-bond acceptors (Lipinski definition) is 2. The SMILES string of the molecule is NCC1(CC(=O)Nc2ccc(Cl)c(Cl)c2)CCCCC1. The molecule has 0 bridgehead atoms. The zero-order valence-corrected chi connectivity index (χ0v) is 12.9. The van der Waals surface area contributed by atoms with Gasteiger partial charge in [0.25, 0.3) is 0 Å². The molecule has 3 nitrogen and oxygen atoms in total. The van der Waals surface area contributed by atoms with E-state index in [0.29, 0.717) is 28.7 Å². The van der Waals surface area contributed by atoms with Gasteiger partial charge >= 0.3 is 0 Å². The van der Waals surface area contributed by atoms with Crippen LogP contribution in [-0.4, -0.2) is 12.5 Å². The van der Waals surface area contributed by atoms with E-state index < -0.39 is 0 Å². The first-order chi connectivity index (χ1) is 9.54. The zero-order chi connectivity index (χ0) is 14.6. The molecule has 1 fully saturated rings. The Morgan fingerprint density at radius 1 is 1.20 bits per heavy atom. The van der Waals surface area contributed by atoms with Gasteiger partial charge in [-0.2, -0.15) is 0 Å².